The molecule has 6 nitrogen and oxygen atoms in total. The van der Waals surface area contributed by atoms with E-state index in [2.05, 4.69) is 4.72 Å². The Kier molecular flexibility index (Phi) is 5.57. The summed E-state index contributed by atoms with van der Waals surface area (Å²) in [4.78, 5) is 0.237. The van der Waals surface area contributed by atoms with Gasteiger partial charge in [-0.05, 0) is 61.4 Å². The summed E-state index contributed by atoms with van der Waals surface area (Å²) in [6.45, 7) is 1.04. The first-order chi connectivity index (χ1) is 12.3. The van der Waals surface area contributed by atoms with Gasteiger partial charge in [0.1, 0.15) is 0 Å². The first-order valence-electron chi connectivity index (χ1n) is 8.18. The fraction of sp³-hybridized carbons (Fsp3) is 0.294. The van der Waals surface area contributed by atoms with Crippen molar-refractivity contribution >= 4 is 37.3 Å². The standard InChI is InChI=1S/C17H19ClN2O4S2/c18-14-4-8-16(9-5-14)25(21,22)19-15-6-10-17(11-7-15)26(23,24)20-12-2-1-3-13-20/h4-11,19H,1-3,12-13H2. The number of anilines is 1. The second kappa shape index (κ2) is 7.56. The predicted octanol–water partition coefficient (Wildman–Crippen LogP) is 3.32. The molecule has 1 aliphatic rings. The molecule has 2 aromatic rings. The molecule has 1 saturated heterocycles. The molecule has 0 aliphatic carbocycles. The average Bonchev–Trinajstić information content (AvgIpc) is 2.63. The Morgan fingerprint density at radius 3 is 1.88 bits per heavy atom. The molecule has 3 rings (SSSR count). The van der Waals surface area contributed by atoms with E-state index in [-0.39, 0.29) is 15.5 Å². The minimum atomic E-state index is -3.77. The van der Waals surface area contributed by atoms with Gasteiger partial charge >= 0.3 is 0 Å². The average molecular weight is 415 g/mol. The van der Waals surface area contributed by atoms with Crippen molar-refractivity contribution in [2.24, 2.45) is 0 Å². The van der Waals surface area contributed by atoms with E-state index in [0.717, 1.165) is 19.3 Å². The third-order valence-corrected chi connectivity index (χ3v) is 7.75. The van der Waals surface area contributed by atoms with Crippen molar-refractivity contribution in [2.75, 3.05) is 17.8 Å². The lowest BCUT2D eigenvalue weighted by molar-refractivity contribution is 0.346. The van der Waals surface area contributed by atoms with Gasteiger partial charge in [0.2, 0.25) is 10.0 Å². The Labute approximate surface area is 158 Å². The third-order valence-electron chi connectivity index (χ3n) is 4.18. The minimum absolute atomic E-state index is 0.0758. The summed E-state index contributed by atoms with van der Waals surface area (Å²) >= 11 is 5.77. The predicted molar refractivity (Wildman–Crippen MR) is 101 cm³/mol. The highest BCUT2D eigenvalue weighted by Gasteiger charge is 2.25. The van der Waals surface area contributed by atoms with Crippen molar-refractivity contribution in [1.82, 2.24) is 4.31 Å². The van der Waals surface area contributed by atoms with E-state index in [1.165, 1.54) is 52.8 Å². The largest absolute Gasteiger partial charge is 0.280 e. The molecule has 1 fully saturated rings. The smallest absolute Gasteiger partial charge is 0.261 e. The Bertz CT molecular complexity index is 966. The highest BCUT2D eigenvalue weighted by Crippen LogP contribution is 2.23. The van der Waals surface area contributed by atoms with E-state index in [1.54, 1.807) is 0 Å². The number of piperidine rings is 1. The normalized spacial score (nSPS) is 16.3. The summed E-state index contributed by atoms with van der Waals surface area (Å²) in [5.41, 5.74) is 0.289. The van der Waals surface area contributed by atoms with E-state index in [0.29, 0.717) is 18.1 Å². The van der Waals surface area contributed by atoms with Crippen molar-refractivity contribution in [3.8, 4) is 0 Å². The van der Waals surface area contributed by atoms with Crippen molar-refractivity contribution in [3.05, 3.63) is 53.6 Å². The van der Waals surface area contributed by atoms with Gasteiger partial charge in [-0.3, -0.25) is 4.72 Å². The van der Waals surface area contributed by atoms with Crippen LogP contribution in [0.4, 0.5) is 5.69 Å². The molecule has 0 saturated carbocycles. The van der Waals surface area contributed by atoms with Gasteiger partial charge in [0, 0.05) is 23.8 Å². The number of hydrogen-bond acceptors (Lipinski definition) is 4. The number of rotatable bonds is 5. The summed E-state index contributed by atoms with van der Waals surface area (Å²) < 4.78 is 53.9. The summed E-state index contributed by atoms with van der Waals surface area (Å²) in [5, 5.41) is 0.441. The van der Waals surface area contributed by atoms with Crippen LogP contribution in [0.1, 0.15) is 19.3 Å². The molecule has 1 heterocycles. The van der Waals surface area contributed by atoms with Crippen molar-refractivity contribution in [1.29, 1.82) is 0 Å². The Morgan fingerprint density at radius 2 is 1.31 bits per heavy atom. The van der Waals surface area contributed by atoms with Crippen LogP contribution in [-0.2, 0) is 20.0 Å². The topological polar surface area (TPSA) is 83.5 Å². The molecule has 1 N–H and O–H groups in total. The van der Waals surface area contributed by atoms with E-state index in [1.807, 2.05) is 0 Å². The SMILES string of the molecule is O=S(=O)(Nc1ccc(S(=O)(=O)N2CCCCC2)cc1)c1ccc(Cl)cc1. The van der Waals surface area contributed by atoms with Crippen LogP contribution in [0.3, 0.4) is 0 Å². The number of nitrogens with zero attached hydrogens (tertiary/aromatic N) is 1. The summed E-state index contributed by atoms with van der Waals surface area (Å²) in [6, 6.07) is 11.5. The molecule has 26 heavy (non-hydrogen) atoms. The third kappa shape index (κ3) is 4.20. The number of benzene rings is 2. The van der Waals surface area contributed by atoms with Crippen LogP contribution in [-0.4, -0.2) is 34.2 Å². The Balaban J connectivity index is 1.78. The zero-order valence-electron chi connectivity index (χ0n) is 13.9. The van der Waals surface area contributed by atoms with Crippen molar-refractivity contribution < 1.29 is 16.8 Å². The zero-order valence-corrected chi connectivity index (χ0v) is 16.3. The highest BCUT2D eigenvalue weighted by atomic mass is 35.5. The second-order valence-corrected chi connectivity index (χ2v) is 10.1. The van der Waals surface area contributed by atoms with E-state index in [4.69, 9.17) is 11.6 Å². The van der Waals surface area contributed by atoms with Crippen LogP contribution in [0.2, 0.25) is 5.02 Å². The van der Waals surface area contributed by atoms with Gasteiger partial charge in [0.05, 0.1) is 9.79 Å². The molecule has 0 spiro atoms. The van der Waals surface area contributed by atoms with Crippen LogP contribution in [0.15, 0.2) is 58.3 Å². The maximum absolute atomic E-state index is 12.6. The van der Waals surface area contributed by atoms with Gasteiger partial charge in [-0.15, -0.1) is 0 Å². The van der Waals surface area contributed by atoms with E-state index in [9.17, 15) is 16.8 Å². The molecular weight excluding hydrogens is 396 g/mol. The highest BCUT2D eigenvalue weighted by molar-refractivity contribution is 7.92. The first-order valence-corrected chi connectivity index (χ1v) is 11.5. The molecule has 2 aromatic carbocycles. The van der Waals surface area contributed by atoms with Crippen LogP contribution >= 0.6 is 11.6 Å². The molecule has 0 unspecified atom stereocenters. The van der Waals surface area contributed by atoms with Gasteiger partial charge in [0.15, 0.2) is 0 Å². The summed E-state index contributed by atoms with van der Waals surface area (Å²) in [5.74, 6) is 0. The van der Waals surface area contributed by atoms with Gasteiger partial charge in [0.25, 0.3) is 10.0 Å². The maximum atomic E-state index is 12.6. The second-order valence-electron chi connectivity index (χ2n) is 6.05. The lowest BCUT2D eigenvalue weighted by atomic mass is 10.2. The molecular formula is C17H19ClN2O4S2. The minimum Gasteiger partial charge on any atom is -0.280 e. The molecule has 9 heteroatoms. The first kappa shape index (κ1) is 19.2. The molecule has 0 atom stereocenters. The van der Waals surface area contributed by atoms with Crippen LogP contribution < -0.4 is 4.72 Å². The number of hydrogen-bond donors (Lipinski definition) is 1. The van der Waals surface area contributed by atoms with Crippen LogP contribution in [0, 0.1) is 0 Å². The summed E-state index contributed by atoms with van der Waals surface area (Å²) in [7, 11) is -7.31. The Morgan fingerprint density at radius 1 is 0.769 bits per heavy atom. The molecule has 140 valence electrons. The lowest BCUT2D eigenvalue weighted by Crippen LogP contribution is -2.35. The molecule has 1 aliphatic heterocycles. The number of halogens is 1. The lowest BCUT2D eigenvalue weighted by Gasteiger charge is -2.25. The van der Waals surface area contributed by atoms with Crippen LogP contribution in [0.25, 0.3) is 0 Å². The van der Waals surface area contributed by atoms with E-state index >= 15 is 0 Å². The fourth-order valence-electron chi connectivity index (χ4n) is 2.78. The molecule has 0 aromatic heterocycles. The maximum Gasteiger partial charge on any atom is 0.261 e. The zero-order chi connectivity index (χ0) is 18.8. The quantitative estimate of drug-likeness (QED) is 0.813. The van der Waals surface area contributed by atoms with Crippen molar-refractivity contribution in [2.45, 2.75) is 29.1 Å². The monoisotopic (exact) mass is 414 g/mol. The van der Waals surface area contributed by atoms with Gasteiger partial charge in [-0.25, -0.2) is 16.8 Å². The number of nitrogens with one attached hydrogen (secondary N) is 1. The van der Waals surface area contributed by atoms with Crippen molar-refractivity contribution in [3.63, 3.8) is 0 Å². The fourth-order valence-corrected chi connectivity index (χ4v) is 5.48. The van der Waals surface area contributed by atoms with Gasteiger partial charge in [-0.1, -0.05) is 18.0 Å². The van der Waals surface area contributed by atoms with Crippen LogP contribution in [0.5, 0.6) is 0 Å². The molecule has 0 amide bonds. The molecule has 0 bridgehead atoms. The van der Waals surface area contributed by atoms with E-state index < -0.39 is 20.0 Å². The summed E-state index contributed by atoms with van der Waals surface area (Å²) in [6.07, 6.45) is 2.76. The van der Waals surface area contributed by atoms with Gasteiger partial charge in [-0.2, -0.15) is 4.31 Å². The Hall–Kier alpha value is -1.61. The molecule has 0 radical (unpaired) electrons. The number of sulfonamides is 2. The van der Waals surface area contributed by atoms with Gasteiger partial charge < -0.3 is 0 Å².